The largest absolute Gasteiger partial charge is 0.386 e. The number of aliphatic hydroxyl groups is 1. The van der Waals surface area contributed by atoms with Crippen molar-refractivity contribution < 1.29 is 9.50 Å². The summed E-state index contributed by atoms with van der Waals surface area (Å²) in [4.78, 5) is 6.44. The topological polar surface area (TPSA) is 47.9 Å². The zero-order valence-electron chi connectivity index (χ0n) is 15.4. The number of hydrogen-bond donors (Lipinski definition) is 2. The van der Waals surface area contributed by atoms with E-state index >= 15 is 0 Å². The molecule has 2 rings (SSSR count). The molecule has 0 bridgehead atoms. The Bertz CT molecular complexity index is 706. The van der Waals surface area contributed by atoms with Crippen LogP contribution in [0.4, 0.5) is 4.39 Å². The normalized spacial score (nSPS) is 12.3. The van der Waals surface area contributed by atoms with E-state index in [1.807, 2.05) is 56.1 Å². The number of nitrogens with one attached hydrogen (secondary N) is 1. The summed E-state index contributed by atoms with van der Waals surface area (Å²) in [6, 6.07) is 14.3. The number of aliphatic hydroxyl groups excluding tert-OH is 1. The molecular weight excluding hydrogens is 444 g/mol. The van der Waals surface area contributed by atoms with Gasteiger partial charge in [-0.05, 0) is 37.1 Å². The molecule has 142 valence electrons. The third-order valence-electron chi connectivity index (χ3n) is 3.88. The summed E-state index contributed by atoms with van der Waals surface area (Å²) in [5.41, 5.74) is 2.87. The van der Waals surface area contributed by atoms with Gasteiger partial charge in [0.1, 0.15) is 5.82 Å². The molecule has 0 aliphatic rings. The van der Waals surface area contributed by atoms with Crippen molar-refractivity contribution in [2.45, 2.75) is 26.5 Å². The van der Waals surface area contributed by atoms with Crippen LogP contribution < -0.4 is 5.32 Å². The Labute approximate surface area is 172 Å². The maximum Gasteiger partial charge on any atom is 0.194 e. The minimum absolute atomic E-state index is 0. The Morgan fingerprint density at radius 3 is 2.54 bits per heavy atom. The molecule has 1 atom stereocenters. The summed E-state index contributed by atoms with van der Waals surface area (Å²) < 4.78 is 13.3. The quantitative estimate of drug-likeness (QED) is 0.382. The van der Waals surface area contributed by atoms with Crippen LogP contribution >= 0.6 is 24.0 Å². The fourth-order valence-electron chi connectivity index (χ4n) is 2.52. The number of rotatable bonds is 6. The lowest BCUT2D eigenvalue weighted by molar-refractivity contribution is 0.186. The van der Waals surface area contributed by atoms with Crippen molar-refractivity contribution >= 4 is 29.9 Å². The first-order valence-electron chi connectivity index (χ1n) is 8.48. The van der Waals surface area contributed by atoms with Crippen molar-refractivity contribution in [3.05, 3.63) is 71.0 Å². The smallest absolute Gasteiger partial charge is 0.194 e. The fraction of sp³-hybridized carbons (Fsp3) is 0.350. The third-order valence-corrected chi connectivity index (χ3v) is 3.88. The van der Waals surface area contributed by atoms with Crippen LogP contribution in [0.25, 0.3) is 0 Å². The molecule has 0 saturated heterocycles. The van der Waals surface area contributed by atoms with Crippen LogP contribution in [0.5, 0.6) is 0 Å². The van der Waals surface area contributed by atoms with Crippen LogP contribution in [0.1, 0.15) is 29.7 Å². The predicted octanol–water partition coefficient (Wildman–Crippen LogP) is 3.88. The van der Waals surface area contributed by atoms with Gasteiger partial charge in [0.05, 0.1) is 12.6 Å². The molecule has 0 aliphatic carbocycles. The molecule has 0 aromatic heterocycles. The number of benzene rings is 2. The molecule has 0 fully saturated rings. The second-order valence-electron chi connectivity index (χ2n) is 6.11. The van der Waals surface area contributed by atoms with Crippen molar-refractivity contribution in [3.63, 3.8) is 0 Å². The molecule has 0 spiro atoms. The number of aryl methyl sites for hydroxylation is 1. The summed E-state index contributed by atoms with van der Waals surface area (Å²) in [5, 5.41) is 13.5. The van der Waals surface area contributed by atoms with Gasteiger partial charge in [0.2, 0.25) is 0 Å². The van der Waals surface area contributed by atoms with Gasteiger partial charge in [0.15, 0.2) is 5.96 Å². The van der Waals surface area contributed by atoms with E-state index in [1.54, 1.807) is 6.07 Å². The Hall–Kier alpha value is -1.67. The van der Waals surface area contributed by atoms with Gasteiger partial charge < -0.3 is 15.3 Å². The van der Waals surface area contributed by atoms with Gasteiger partial charge in [-0.25, -0.2) is 4.39 Å². The lowest BCUT2D eigenvalue weighted by atomic mass is 10.1. The maximum atomic E-state index is 13.3. The van der Waals surface area contributed by atoms with E-state index in [-0.39, 0.29) is 36.3 Å². The van der Waals surface area contributed by atoms with E-state index in [1.165, 1.54) is 12.1 Å². The average molecular weight is 471 g/mol. The predicted molar refractivity (Wildman–Crippen MR) is 115 cm³/mol. The van der Waals surface area contributed by atoms with Gasteiger partial charge in [0.25, 0.3) is 0 Å². The molecule has 0 radical (unpaired) electrons. The second-order valence-corrected chi connectivity index (χ2v) is 6.11. The van der Waals surface area contributed by atoms with E-state index in [0.29, 0.717) is 19.0 Å². The monoisotopic (exact) mass is 471 g/mol. The summed E-state index contributed by atoms with van der Waals surface area (Å²) in [6.07, 6.45) is -0.656. The molecule has 0 saturated carbocycles. The molecule has 2 N–H and O–H groups in total. The molecule has 0 heterocycles. The van der Waals surface area contributed by atoms with Crippen LogP contribution in [-0.2, 0) is 6.54 Å². The zero-order valence-corrected chi connectivity index (χ0v) is 17.8. The minimum Gasteiger partial charge on any atom is -0.386 e. The van der Waals surface area contributed by atoms with Gasteiger partial charge in [-0.3, -0.25) is 4.99 Å². The second kappa shape index (κ2) is 11.1. The molecular formula is C20H27FIN3O. The number of halogens is 2. The van der Waals surface area contributed by atoms with Gasteiger partial charge in [-0.2, -0.15) is 0 Å². The highest BCUT2D eigenvalue weighted by Gasteiger charge is 2.10. The van der Waals surface area contributed by atoms with Gasteiger partial charge >= 0.3 is 0 Å². The molecule has 1 unspecified atom stereocenters. The number of nitrogens with zero attached hydrogens (tertiary/aromatic N) is 2. The molecule has 2 aromatic carbocycles. The fourth-order valence-corrected chi connectivity index (χ4v) is 2.52. The third kappa shape index (κ3) is 6.92. The maximum absolute atomic E-state index is 13.3. The first-order chi connectivity index (χ1) is 12.0. The number of aliphatic imine (C=N–C) groups is 1. The summed E-state index contributed by atoms with van der Waals surface area (Å²) in [7, 11) is 1.89. The van der Waals surface area contributed by atoms with Gasteiger partial charge in [0, 0.05) is 20.1 Å². The number of hydrogen-bond acceptors (Lipinski definition) is 2. The first kappa shape index (κ1) is 22.4. The van der Waals surface area contributed by atoms with Gasteiger partial charge in [-0.15, -0.1) is 24.0 Å². The molecule has 2 aromatic rings. The van der Waals surface area contributed by atoms with Gasteiger partial charge in [-0.1, -0.05) is 42.0 Å². The highest BCUT2D eigenvalue weighted by atomic mass is 127. The van der Waals surface area contributed by atoms with Crippen molar-refractivity contribution in [1.82, 2.24) is 10.2 Å². The highest BCUT2D eigenvalue weighted by molar-refractivity contribution is 14.0. The molecule has 26 heavy (non-hydrogen) atoms. The van der Waals surface area contributed by atoms with E-state index in [4.69, 9.17) is 0 Å². The Balaban J connectivity index is 0.00000338. The van der Waals surface area contributed by atoms with E-state index in [2.05, 4.69) is 10.3 Å². The Morgan fingerprint density at radius 2 is 1.92 bits per heavy atom. The van der Waals surface area contributed by atoms with Crippen molar-refractivity contribution in [2.75, 3.05) is 20.1 Å². The van der Waals surface area contributed by atoms with Crippen molar-refractivity contribution in [3.8, 4) is 0 Å². The Morgan fingerprint density at radius 1 is 1.23 bits per heavy atom. The average Bonchev–Trinajstić information content (AvgIpc) is 2.59. The van der Waals surface area contributed by atoms with E-state index in [9.17, 15) is 9.50 Å². The van der Waals surface area contributed by atoms with Crippen LogP contribution in [-0.4, -0.2) is 36.1 Å². The molecule has 0 aliphatic heterocycles. The van der Waals surface area contributed by atoms with E-state index < -0.39 is 6.10 Å². The summed E-state index contributed by atoms with van der Waals surface area (Å²) in [6.45, 7) is 5.51. The minimum atomic E-state index is -0.656. The summed E-state index contributed by atoms with van der Waals surface area (Å²) in [5.74, 6) is 0.431. The van der Waals surface area contributed by atoms with Crippen molar-refractivity contribution in [2.24, 2.45) is 4.99 Å². The number of guanidine groups is 1. The van der Waals surface area contributed by atoms with Crippen LogP contribution in [0, 0.1) is 12.7 Å². The van der Waals surface area contributed by atoms with Crippen LogP contribution in [0.2, 0.25) is 0 Å². The highest BCUT2D eigenvalue weighted by Crippen LogP contribution is 2.14. The molecule has 6 heteroatoms. The van der Waals surface area contributed by atoms with Crippen molar-refractivity contribution in [1.29, 1.82) is 0 Å². The lowest BCUT2D eigenvalue weighted by Crippen LogP contribution is -2.38. The van der Waals surface area contributed by atoms with E-state index in [0.717, 1.165) is 16.7 Å². The SMILES string of the molecule is CCNC(=NCC(O)c1ccc(C)cc1)N(C)Cc1cccc(F)c1.I. The summed E-state index contributed by atoms with van der Waals surface area (Å²) >= 11 is 0. The van der Waals surface area contributed by atoms with Crippen LogP contribution in [0.15, 0.2) is 53.5 Å². The molecule has 0 amide bonds. The lowest BCUT2D eigenvalue weighted by Gasteiger charge is -2.22. The zero-order chi connectivity index (χ0) is 18.2. The molecule has 4 nitrogen and oxygen atoms in total. The standard InChI is InChI=1S/C20H26FN3O.HI/c1-4-22-20(24(3)14-16-6-5-7-18(21)12-16)23-13-19(25)17-10-8-15(2)9-11-17;/h5-12,19,25H,4,13-14H2,1-3H3,(H,22,23);1H. The Kier molecular flexibility index (Phi) is 9.58. The van der Waals surface area contributed by atoms with Crippen LogP contribution in [0.3, 0.4) is 0 Å². The first-order valence-corrected chi connectivity index (χ1v) is 8.48.